The van der Waals surface area contributed by atoms with E-state index in [-0.39, 0.29) is 16.9 Å². The second-order valence-electron chi connectivity index (χ2n) is 5.75. The Hall–Kier alpha value is -1.59. The monoisotopic (exact) mass is 430 g/mol. The van der Waals surface area contributed by atoms with E-state index < -0.39 is 15.4 Å². The van der Waals surface area contributed by atoms with Crippen molar-refractivity contribution in [2.24, 2.45) is 0 Å². The Bertz CT molecular complexity index is 964. The van der Waals surface area contributed by atoms with Gasteiger partial charge in [-0.15, -0.1) is 0 Å². The van der Waals surface area contributed by atoms with Gasteiger partial charge in [-0.3, -0.25) is 4.79 Å². The number of benzene rings is 2. The fraction of sp³-hybridized carbons (Fsp3) is 0.167. The van der Waals surface area contributed by atoms with Gasteiger partial charge in [0.05, 0.1) is 18.2 Å². The predicted octanol–water partition coefficient (Wildman–Crippen LogP) is 5.47. The molecular formula is C18H10Cl4O4. The third kappa shape index (κ3) is 2.55. The molecule has 26 heavy (non-hydrogen) atoms. The zero-order valence-corrected chi connectivity index (χ0v) is 16.2. The minimum atomic E-state index is -2.08. The summed E-state index contributed by atoms with van der Waals surface area (Å²) in [6.07, 6.45) is 1.58. The molecule has 4 rings (SSSR count). The van der Waals surface area contributed by atoms with Crippen molar-refractivity contribution in [3.05, 3.63) is 58.1 Å². The molecular weight excluding hydrogens is 422 g/mol. The molecule has 2 aliphatic rings. The minimum absolute atomic E-state index is 0.0630. The standard InChI is InChI=1S/C18H10Cl4O4/c1-24-11-3-5-14-9(6-11)7-13-16(23)12-8-10(19)2-4-15(12)26-17(13,25-14)18(20,21)22/h2-8H,1H3. The molecule has 4 nitrogen and oxygen atoms in total. The van der Waals surface area contributed by atoms with Crippen LogP contribution in [0.5, 0.6) is 17.2 Å². The van der Waals surface area contributed by atoms with Gasteiger partial charge < -0.3 is 14.2 Å². The Kier molecular flexibility index (Phi) is 4.08. The minimum Gasteiger partial charge on any atom is -0.497 e. The molecule has 1 unspecified atom stereocenters. The maximum atomic E-state index is 13.1. The highest BCUT2D eigenvalue weighted by atomic mass is 35.6. The SMILES string of the molecule is COc1ccc2c(c1)C=C1C(=O)c3cc(Cl)ccc3OC1(C(Cl)(Cl)Cl)O2. The van der Waals surface area contributed by atoms with Crippen LogP contribution in [0, 0.1) is 0 Å². The summed E-state index contributed by atoms with van der Waals surface area (Å²) in [6, 6.07) is 9.69. The maximum absolute atomic E-state index is 13.1. The first kappa shape index (κ1) is 17.8. The molecule has 2 aliphatic heterocycles. The van der Waals surface area contributed by atoms with Gasteiger partial charge in [-0.05, 0) is 42.5 Å². The van der Waals surface area contributed by atoms with Crippen LogP contribution in [0.15, 0.2) is 42.0 Å². The number of carbonyl (C=O) groups excluding carboxylic acids is 1. The van der Waals surface area contributed by atoms with E-state index in [1.165, 1.54) is 19.2 Å². The van der Waals surface area contributed by atoms with Crippen LogP contribution in [0.25, 0.3) is 6.08 Å². The lowest BCUT2D eigenvalue weighted by atomic mass is 9.89. The number of carbonyl (C=O) groups is 1. The number of methoxy groups -OCH3 is 1. The molecule has 0 aliphatic carbocycles. The topological polar surface area (TPSA) is 44.8 Å². The van der Waals surface area contributed by atoms with Crippen LogP contribution in [0.4, 0.5) is 0 Å². The normalized spacial score (nSPS) is 20.8. The summed E-state index contributed by atoms with van der Waals surface area (Å²) >= 11 is 24.6. The molecule has 0 fully saturated rings. The van der Waals surface area contributed by atoms with Crippen LogP contribution in [0.3, 0.4) is 0 Å². The van der Waals surface area contributed by atoms with E-state index in [0.717, 1.165) is 0 Å². The van der Waals surface area contributed by atoms with Crippen molar-refractivity contribution in [3.8, 4) is 17.2 Å². The van der Waals surface area contributed by atoms with E-state index >= 15 is 0 Å². The van der Waals surface area contributed by atoms with E-state index in [1.54, 1.807) is 30.3 Å². The third-order valence-corrected chi connectivity index (χ3v) is 5.16. The average molecular weight is 432 g/mol. The number of ether oxygens (including phenoxy) is 3. The zero-order chi connectivity index (χ0) is 18.7. The summed E-state index contributed by atoms with van der Waals surface area (Å²) in [5.74, 6) is -1.10. The highest BCUT2D eigenvalue weighted by molar-refractivity contribution is 6.68. The van der Waals surface area contributed by atoms with Gasteiger partial charge >= 0.3 is 5.79 Å². The van der Waals surface area contributed by atoms with Crippen LogP contribution >= 0.6 is 46.4 Å². The fourth-order valence-corrected chi connectivity index (χ4v) is 3.66. The van der Waals surface area contributed by atoms with Crippen LogP contribution < -0.4 is 14.2 Å². The van der Waals surface area contributed by atoms with Gasteiger partial charge in [-0.25, -0.2) is 0 Å². The van der Waals surface area contributed by atoms with Crippen molar-refractivity contribution in [1.29, 1.82) is 0 Å². The smallest absolute Gasteiger partial charge is 0.330 e. The number of fused-ring (bicyclic) bond motifs is 3. The van der Waals surface area contributed by atoms with Crippen LogP contribution in [0.2, 0.25) is 5.02 Å². The molecule has 2 heterocycles. The molecule has 134 valence electrons. The first-order chi connectivity index (χ1) is 12.2. The zero-order valence-electron chi connectivity index (χ0n) is 13.2. The number of ketones is 1. The van der Waals surface area contributed by atoms with Crippen molar-refractivity contribution in [1.82, 2.24) is 0 Å². The Morgan fingerprint density at radius 1 is 1.04 bits per heavy atom. The van der Waals surface area contributed by atoms with Gasteiger partial charge in [0.15, 0.2) is 0 Å². The molecule has 8 heteroatoms. The van der Waals surface area contributed by atoms with E-state index in [0.29, 0.717) is 22.1 Å². The van der Waals surface area contributed by atoms with Gasteiger partial charge in [0, 0.05) is 10.6 Å². The van der Waals surface area contributed by atoms with Crippen molar-refractivity contribution in [2.45, 2.75) is 9.58 Å². The summed E-state index contributed by atoms with van der Waals surface area (Å²) in [7, 11) is 1.54. The molecule has 0 saturated carbocycles. The highest BCUT2D eigenvalue weighted by Crippen LogP contribution is 2.54. The highest BCUT2D eigenvalue weighted by Gasteiger charge is 2.62. The van der Waals surface area contributed by atoms with Gasteiger partial charge in [0.25, 0.3) is 3.79 Å². The molecule has 0 N–H and O–H groups in total. The second kappa shape index (κ2) is 5.96. The van der Waals surface area contributed by atoms with Gasteiger partial charge in [0.1, 0.15) is 17.2 Å². The van der Waals surface area contributed by atoms with Gasteiger partial charge in [0.2, 0.25) is 5.78 Å². The summed E-state index contributed by atoms with van der Waals surface area (Å²) in [5.41, 5.74) is 0.934. The first-order valence-electron chi connectivity index (χ1n) is 7.44. The molecule has 0 amide bonds. The van der Waals surface area contributed by atoms with Gasteiger partial charge in [-0.2, -0.15) is 0 Å². The van der Waals surface area contributed by atoms with Crippen LogP contribution in [0.1, 0.15) is 15.9 Å². The van der Waals surface area contributed by atoms with E-state index in [4.69, 9.17) is 60.6 Å². The molecule has 1 atom stereocenters. The Morgan fingerprint density at radius 3 is 2.42 bits per heavy atom. The molecule has 0 bridgehead atoms. The number of hydrogen-bond donors (Lipinski definition) is 0. The van der Waals surface area contributed by atoms with E-state index in [1.807, 2.05) is 0 Å². The van der Waals surface area contributed by atoms with Crippen molar-refractivity contribution in [3.63, 3.8) is 0 Å². The molecule has 2 aromatic carbocycles. The summed E-state index contributed by atoms with van der Waals surface area (Å²) < 4.78 is 15.0. The molecule has 0 saturated heterocycles. The average Bonchev–Trinajstić information content (AvgIpc) is 2.60. The molecule has 2 aromatic rings. The Balaban J connectivity index is 1.97. The Labute approximate surface area is 169 Å². The second-order valence-corrected chi connectivity index (χ2v) is 8.47. The summed E-state index contributed by atoms with van der Waals surface area (Å²) in [6.45, 7) is 0. The van der Waals surface area contributed by atoms with E-state index in [2.05, 4.69) is 0 Å². The van der Waals surface area contributed by atoms with Crippen LogP contribution in [-0.4, -0.2) is 22.5 Å². The third-order valence-electron chi connectivity index (χ3n) is 4.18. The molecule has 0 radical (unpaired) electrons. The number of Topliss-reactive ketones (excluding diaryl/α,β-unsaturated/α-hetero) is 1. The molecule has 0 spiro atoms. The lowest BCUT2D eigenvalue weighted by molar-refractivity contribution is -0.0811. The van der Waals surface area contributed by atoms with Crippen molar-refractivity contribution < 1.29 is 19.0 Å². The first-order valence-corrected chi connectivity index (χ1v) is 8.95. The van der Waals surface area contributed by atoms with E-state index in [9.17, 15) is 4.79 Å². The maximum Gasteiger partial charge on any atom is 0.330 e. The van der Waals surface area contributed by atoms with Gasteiger partial charge in [-0.1, -0.05) is 46.4 Å². The number of hydrogen-bond acceptors (Lipinski definition) is 4. The van der Waals surface area contributed by atoms with Crippen molar-refractivity contribution >= 4 is 58.3 Å². The largest absolute Gasteiger partial charge is 0.497 e. The van der Waals surface area contributed by atoms with Crippen molar-refractivity contribution in [2.75, 3.05) is 7.11 Å². The summed E-state index contributed by atoms with van der Waals surface area (Å²) in [5, 5.41) is 0.390. The Morgan fingerprint density at radius 2 is 1.73 bits per heavy atom. The number of halogens is 4. The van der Waals surface area contributed by atoms with Crippen LogP contribution in [-0.2, 0) is 0 Å². The number of rotatable bonds is 1. The lowest BCUT2D eigenvalue weighted by Gasteiger charge is -2.45. The predicted molar refractivity (Wildman–Crippen MR) is 101 cm³/mol. The lowest BCUT2D eigenvalue weighted by Crippen LogP contribution is -2.59. The number of alkyl halides is 3. The molecule has 0 aromatic heterocycles. The summed E-state index contributed by atoms with van der Waals surface area (Å²) in [4.78, 5) is 13.1. The fourth-order valence-electron chi connectivity index (χ4n) is 2.95. The quantitative estimate of drug-likeness (QED) is 0.562.